The van der Waals surface area contributed by atoms with Crippen molar-refractivity contribution in [1.82, 2.24) is 5.32 Å². The van der Waals surface area contributed by atoms with Crippen molar-refractivity contribution >= 4 is 17.5 Å². The Morgan fingerprint density at radius 1 is 1.19 bits per heavy atom. The van der Waals surface area contributed by atoms with Gasteiger partial charge in [0.1, 0.15) is 5.38 Å². The van der Waals surface area contributed by atoms with Gasteiger partial charge < -0.3 is 5.32 Å². The third-order valence-corrected chi connectivity index (χ3v) is 4.29. The Balaban J connectivity index is 2.03. The number of rotatable bonds is 3. The summed E-state index contributed by atoms with van der Waals surface area (Å²) in [5, 5.41) is 1.51. The van der Waals surface area contributed by atoms with E-state index in [9.17, 15) is 18.0 Å². The minimum Gasteiger partial charge on any atom is -0.351 e. The average molecular weight is 320 g/mol. The van der Waals surface area contributed by atoms with E-state index < -0.39 is 29.4 Å². The fourth-order valence-electron chi connectivity index (χ4n) is 2.72. The smallest absolute Gasteiger partial charge is 0.351 e. The van der Waals surface area contributed by atoms with E-state index in [0.29, 0.717) is 24.8 Å². The zero-order valence-electron chi connectivity index (χ0n) is 11.4. The number of hydrogen-bond donors (Lipinski definition) is 1. The van der Waals surface area contributed by atoms with Gasteiger partial charge in [0.15, 0.2) is 0 Å². The summed E-state index contributed by atoms with van der Waals surface area (Å²) >= 11 is 6.04. The fraction of sp³-hybridized carbons (Fsp3) is 0.533. The first-order valence-corrected chi connectivity index (χ1v) is 7.39. The van der Waals surface area contributed by atoms with E-state index in [1.807, 2.05) is 0 Å². The molecule has 0 bridgehead atoms. The maximum Gasteiger partial charge on any atom is 0.393 e. The summed E-state index contributed by atoms with van der Waals surface area (Å²) in [7, 11) is 0. The van der Waals surface area contributed by atoms with Crippen LogP contribution in [0.4, 0.5) is 13.2 Å². The topological polar surface area (TPSA) is 29.1 Å². The molecule has 1 aliphatic rings. The van der Waals surface area contributed by atoms with Crippen LogP contribution in [0.3, 0.4) is 0 Å². The fourth-order valence-corrected chi connectivity index (χ4v) is 2.93. The number of carbonyl (C=O) groups excluding carboxylic acids is 1. The predicted octanol–water partition coefficient (Wildman–Crippen LogP) is 4.20. The maximum atomic E-state index is 13.0. The molecule has 0 aliphatic heterocycles. The largest absolute Gasteiger partial charge is 0.393 e. The summed E-state index contributed by atoms with van der Waals surface area (Å²) < 4.78 is 38.9. The molecule has 1 amide bonds. The van der Waals surface area contributed by atoms with Crippen LogP contribution in [0, 0.1) is 5.92 Å². The standard InChI is InChI=1S/C15H17ClF3NO/c16-13(10-6-2-1-3-7-10)14(21)20-12-9-5-4-8-11(12)15(17,18)19/h1-3,6-7,11-13H,4-5,8-9H2,(H,20,21). The van der Waals surface area contributed by atoms with Gasteiger partial charge >= 0.3 is 6.18 Å². The van der Waals surface area contributed by atoms with Crippen LogP contribution in [0.25, 0.3) is 0 Å². The number of hydrogen-bond acceptors (Lipinski definition) is 1. The van der Waals surface area contributed by atoms with E-state index >= 15 is 0 Å². The molecular weight excluding hydrogens is 303 g/mol. The molecule has 21 heavy (non-hydrogen) atoms. The van der Waals surface area contributed by atoms with Gasteiger partial charge in [-0.05, 0) is 18.4 Å². The Morgan fingerprint density at radius 3 is 2.43 bits per heavy atom. The molecule has 1 aliphatic carbocycles. The van der Waals surface area contributed by atoms with E-state index in [1.165, 1.54) is 0 Å². The molecule has 1 N–H and O–H groups in total. The van der Waals surface area contributed by atoms with Crippen LogP contribution >= 0.6 is 11.6 Å². The van der Waals surface area contributed by atoms with Gasteiger partial charge in [-0.15, -0.1) is 11.6 Å². The van der Waals surface area contributed by atoms with E-state index in [0.717, 1.165) is 0 Å². The normalized spacial score (nSPS) is 24.4. The third kappa shape index (κ3) is 4.13. The third-order valence-electron chi connectivity index (χ3n) is 3.84. The highest BCUT2D eigenvalue weighted by molar-refractivity contribution is 6.30. The molecule has 0 heterocycles. The van der Waals surface area contributed by atoms with Crippen molar-refractivity contribution in [2.24, 2.45) is 5.92 Å². The van der Waals surface area contributed by atoms with Crippen molar-refractivity contribution in [3.63, 3.8) is 0 Å². The van der Waals surface area contributed by atoms with Crippen LogP contribution in [-0.2, 0) is 4.79 Å². The van der Waals surface area contributed by atoms with Gasteiger partial charge in [0.25, 0.3) is 0 Å². The van der Waals surface area contributed by atoms with Crippen LogP contribution in [0.2, 0.25) is 0 Å². The first-order chi connectivity index (χ1) is 9.89. The van der Waals surface area contributed by atoms with E-state index in [1.54, 1.807) is 30.3 Å². The number of halogens is 4. The predicted molar refractivity (Wildman–Crippen MR) is 75.0 cm³/mol. The van der Waals surface area contributed by atoms with Gasteiger partial charge in [0.2, 0.25) is 5.91 Å². The van der Waals surface area contributed by atoms with Crippen molar-refractivity contribution in [1.29, 1.82) is 0 Å². The molecule has 3 unspecified atom stereocenters. The quantitative estimate of drug-likeness (QED) is 0.831. The Hall–Kier alpha value is -1.23. The Kier molecular flexibility index (Phi) is 5.14. The molecule has 1 saturated carbocycles. The molecule has 1 aromatic rings. The molecule has 0 saturated heterocycles. The highest BCUT2D eigenvalue weighted by atomic mass is 35.5. The molecule has 6 heteroatoms. The highest BCUT2D eigenvalue weighted by Gasteiger charge is 2.46. The van der Waals surface area contributed by atoms with Crippen LogP contribution < -0.4 is 5.32 Å². The van der Waals surface area contributed by atoms with E-state index in [-0.39, 0.29) is 6.42 Å². The first-order valence-electron chi connectivity index (χ1n) is 6.95. The average Bonchev–Trinajstić information content (AvgIpc) is 2.47. The van der Waals surface area contributed by atoms with E-state index in [4.69, 9.17) is 11.6 Å². The number of alkyl halides is 4. The van der Waals surface area contributed by atoms with Crippen molar-refractivity contribution in [3.05, 3.63) is 35.9 Å². The van der Waals surface area contributed by atoms with Crippen LogP contribution in [0.1, 0.15) is 36.6 Å². The highest BCUT2D eigenvalue weighted by Crippen LogP contribution is 2.38. The van der Waals surface area contributed by atoms with Crippen molar-refractivity contribution < 1.29 is 18.0 Å². The first kappa shape index (κ1) is 16.1. The second-order valence-electron chi connectivity index (χ2n) is 5.32. The van der Waals surface area contributed by atoms with Crippen molar-refractivity contribution in [2.75, 3.05) is 0 Å². The zero-order chi connectivity index (χ0) is 15.5. The number of benzene rings is 1. The second-order valence-corrected chi connectivity index (χ2v) is 5.76. The lowest BCUT2D eigenvalue weighted by Gasteiger charge is -2.33. The maximum absolute atomic E-state index is 13.0. The molecule has 0 aromatic heterocycles. The molecule has 2 rings (SSSR count). The second kappa shape index (κ2) is 6.69. The van der Waals surface area contributed by atoms with Crippen LogP contribution in [0.15, 0.2) is 30.3 Å². The van der Waals surface area contributed by atoms with Gasteiger partial charge in [-0.2, -0.15) is 13.2 Å². The summed E-state index contributed by atoms with van der Waals surface area (Å²) in [5.41, 5.74) is 0.580. The van der Waals surface area contributed by atoms with Crippen molar-refractivity contribution in [2.45, 2.75) is 43.3 Å². The Bertz CT molecular complexity index is 478. The summed E-state index contributed by atoms with van der Waals surface area (Å²) in [4.78, 5) is 12.1. The summed E-state index contributed by atoms with van der Waals surface area (Å²) in [6, 6.07) is 7.73. The minimum absolute atomic E-state index is 0.0622. The number of carbonyl (C=O) groups is 1. The summed E-state index contributed by atoms with van der Waals surface area (Å²) in [6.07, 6.45) is -2.65. The molecule has 1 aromatic carbocycles. The molecule has 2 nitrogen and oxygen atoms in total. The molecule has 3 atom stereocenters. The lowest BCUT2D eigenvalue weighted by molar-refractivity contribution is -0.189. The van der Waals surface area contributed by atoms with Gasteiger partial charge in [0.05, 0.1) is 5.92 Å². The molecular formula is C15H17ClF3NO. The van der Waals surface area contributed by atoms with Gasteiger partial charge in [-0.25, -0.2) is 0 Å². The van der Waals surface area contributed by atoms with Crippen molar-refractivity contribution in [3.8, 4) is 0 Å². The van der Waals surface area contributed by atoms with Crippen LogP contribution in [0.5, 0.6) is 0 Å². The Labute approximate surface area is 126 Å². The van der Waals surface area contributed by atoms with Gasteiger partial charge in [-0.1, -0.05) is 43.2 Å². The minimum atomic E-state index is -4.28. The summed E-state index contributed by atoms with van der Waals surface area (Å²) in [5.74, 6) is -2.04. The zero-order valence-corrected chi connectivity index (χ0v) is 12.1. The molecule has 0 spiro atoms. The Morgan fingerprint density at radius 2 is 1.81 bits per heavy atom. The number of nitrogens with one attached hydrogen (secondary N) is 1. The lowest BCUT2D eigenvalue weighted by Crippen LogP contribution is -2.48. The number of amides is 1. The van der Waals surface area contributed by atoms with Gasteiger partial charge in [-0.3, -0.25) is 4.79 Å². The molecule has 1 fully saturated rings. The SMILES string of the molecule is O=C(NC1CCCCC1C(F)(F)F)C(Cl)c1ccccc1. The monoisotopic (exact) mass is 319 g/mol. The van der Waals surface area contributed by atoms with E-state index in [2.05, 4.69) is 5.32 Å². The summed E-state index contributed by atoms with van der Waals surface area (Å²) in [6.45, 7) is 0. The van der Waals surface area contributed by atoms with Crippen LogP contribution in [-0.4, -0.2) is 18.1 Å². The van der Waals surface area contributed by atoms with Gasteiger partial charge in [0, 0.05) is 6.04 Å². The molecule has 0 radical (unpaired) electrons. The molecule has 116 valence electrons. The lowest BCUT2D eigenvalue weighted by atomic mass is 9.84.